The molecule has 3 rings (SSSR count). The van der Waals surface area contributed by atoms with Crippen molar-refractivity contribution in [2.24, 2.45) is 4.40 Å². The molecule has 23 heavy (non-hydrogen) atoms. The Labute approximate surface area is 138 Å². The minimum atomic E-state index is -3.74. The average Bonchev–Trinajstić information content (AvgIpc) is 2.80. The molecule has 6 nitrogen and oxygen atoms in total. The molecule has 0 fully saturated rings. The fourth-order valence-electron chi connectivity index (χ4n) is 2.24. The first-order chi connectivity index (χ1) is 10.9. The number of rotatable bonds is 1. The molecule has 0 aromatic heterocycles. The van der Waals surface area contributed by atoms with E-state index < -0.39 is 15.9 Å². The van der Waals surface area contributed by atoms with Crippen molar-refractivity contribution in [1.82, 2.24) is 10.4 Å². The largest absolute Gasteiger partial charge is 0.285 e. The lowest BCUT2D eigenvalue weighted by atomic mass is 10.2. The summed E-state index contributed by atoms with van der Waals surface area (Å²) in [6.45, 7) is 0. The van der Waals surface area contributed by atoms with E-state index in [0.717, 1.165) is 0 Å². The van der Waals surface area contributed by atoms with Gasteiger partial charge in [-0.15, -0.1) is 4.40 Å². The fraction of sp³-hybridized carbons (Fsp3) is 0.0667. The second-order valence-electron chi connectivity index (χ2n) is 4.87. The predicted molar refractivity (Wildman–Crippen MR) is 86.8 cm³/mol. The summed E-state index contributed by atoms with van der Waals surface area (Å²) in [5.74, 6) is -0.302. The quantitative estimate of drug-likeness (QED) is 0.799. The maximum atomic E-state index is 12.3. The third-order valence-electron chi connectivity index (χ3n) is 3.32. The molecule has 2 aromatic carbocycles. The van der Waals surface area contributed by atoms with E-state index in [1.54, 1.807) is 42.5 Å². The third kappa shape index (κ3) is 2.80. The Balaban J connectivity index is 1.89. The van der Waals surface area contributed by atoms with Crippen LogP contribution in [0.5, 0.6) is 0 Å². The number of halogens is 1. The van der Waals surface area contributed by atoms with Crippen LogP contribution >= 0.6 is 11.6 Å². The van der Waals surface area contributed by atoms with Crippen molar-refractivity contribution in [2.45, 2.75) is 4.90 Å². The second-order valence-corrected chi connectivity index (χ2v) is 6.85. The van der Waals surface area contributed by atoms with Gasteiger partial charge >= 0.3 is 0 Å². The van der Waals surface area contributed by atoms with Crippen LogP contribution in [0.3, 0.4) is 0 Å². The van der Waals surface area contributed by atoms with Gasteiger partial charge in [0.05, 0.1) is 10.6 Å². The SMILES string of the molecule is CN(NC(=O)c1ccccc1Cl)C1=NS(=O)(=O)c2ccccc21. The van der Waals surface area contributed by atoms with E-state index in [1.165, 1.54) is 18.1 Å². The molecule has 1 amide bonds. The van der Waals surface area contributed by atoms with Crippen molar-refractivity contribution in [3.05, 3.63) is 64.7 Å². The number of hydrazine groups is 1. The fourth-order valence-corrected chi connectivity index (χ4v) is 3.70. The zero-order chi connectivity index (χ0) is 16.6. The molecule has 0 saturated heterocycles. The van der Waals surface area contributed by atoms with E-state index >= 15 is 0 Å². The zero-order valence-corrected chi connectivity index (χ0v) is 13.6. The number of carbonyl (C=O) groups excluding carboxylic acids is 1. The van der Waals surface area contributed by atoms with E-state index in [4.69, 9.17) is 11.6 Å². The van der Waals surface area contributed by atoms with Gasteiger partial charge < -0.3 is 0 Å². The number of carbonyl (C=O) groups is 1. The molecule has 2 aromatic rings. The smallest absolute Gasteiger partial charge is 0.270 e. The normalized spacial score (nSPS) is 14.8. The van der Waals surface area contributed by atoms with Gasteiger partial charge in [0.15, 0.2) is 5.84 Å². The number of fused-ring (bicyclic) bond motifs is 1. The summed E-state index contributed by atoms with van der Waals surface area (Å²) in [4.78, 5) is 12.4. The minimum absolute atomic E-state index is 0.119. The molecule has 1 N–H and O–H groups in total. The van der Waals surface area contributed by atoms with Crippen LogP contribution in [0.4, 0.5) is 0 Å². The number of amidine groups is 1. The summed E-state index contributed by atoms with van der Waals surface area (Å²) >= 11 is 5.98. The average molecular weight is 350 g/mol. The van der Waals surface area contributed by atoms with Gasteiger partial charge in [-0.25, -0.2) is 0 Å². The lowest BCUT2D eigenvalue weighted by molar-refractivity contribution is 0.0887. The van der Waals surface area contributed by atoms with Crippen LogP contribution in [0.15, 0.2) is 57.8 Å². The van der Waals surface area contributed by atoms with Crippen molar-refractivity contribution in [1.29, 1.82) is 0 Å². The van der Waals surface area contributed by atoms with Crippen LogP contribution in [-0.2, 0) is 10.0 Å². The number of benzene rings is 2. The van der Waals surface area contributed by atoms with E-state index in [2.05, 4.69) is 9.82 Å². The number of nitrogens with zero attached hydrogens (tertiary/aromatic N) is 2. The lowest BCUT2D eigenvalue weighted by Crippen LogP contribution is -2.43. The monoisotopic (exact) mass is 349 g/mol. The summed E-state index contributed by atoms with van der Waals surface area (Å²) in [6, 6.07) is 13.0. The first-order valence-corrected chi connectivity index (χ1v) is 8.45. The molecular formula is C15H12ClN3O3S. The van der Waals surface area contributed by atoms with Gasteiger partial charge in [-0.3, -0.25) is 15.2 Å². The molecule has 1 heterocycles. The highest BCUT2D eigenvalue weighted by Gasteiger charge is 2.31. The maximum Gasteiger partial charge on any atom is 0.285 e. The molecule has 0 atom stereocenters. The molecule has 8 heteroatoms. The highest BCUT2D eigenvalue weighted by atomic mass is 35.5. The maximum absolute atomic E-state index is 12.3. The molecule has 0 spiro atoms. The Morgan fingerprint density at radius 3 is 2.52 bits per heavy atom. The Morgan fingerprint density at radius 2 is 1.78 bits per heavy atom. The zero-order valence-electron chi connectivity index (χ0n) is 12.0. The van der Waals surface area contributed by atoms with Crippen molar-refractivity contribution in [3.8, 4) is 0 Å². The molecule has 1 aliphatic heterocycles. The van der Waals surface area contributed by atoms with E-state index in [-0.39, 0.29) is 16.3 Å². The number of sulfonamides is 1. The Kier molecular flexibility index (Phi) is 3.83. The minimum Gasteiger partial charge on any atom is -0.270 e. The Bertz CT molecular complexity index is 925. The van der Waals surface area contributed by atoms with Crippen LogP contribution in [0.25, 0.3) is 0 Å². The van der Waals surface area contributed by atoms with Gasteiger partial charge in [0.25, 0.3) is 15.9 Å². The van der Waals surface area contributed by atoms with Crippen LogP contribution in [0.1, 0.15) is 15.9 Å². The molecular weight excluding hydrogens is 338 g/mol. The van der Waals surface area contributed by atoms with E-state index in [1.807, 2.05) is 0 Å². The number of nitrogens with one attached hydrogen (secondary N) is 1. The molecule has 0 aliphatic carbocycles. The molecule has 0 bridgehead atoms. The second kappa shape index (κ2) is 5.68. The molecule has 118 valence electrons. The molecule has 0 unspecified atom stereocenters. The van der Waals surface area contributed by atoms with Crippen LogP contribution in [0.2, 0.25) is 5.02 Å². The van der Waals surface area contributed by atoms with E-state index in [0.29, 0.717) is 10.6 Å². The van der Waals surface area contributed by atoms with Crippen LogP contribution < -0.4 is 5.43 Å². The van der Waals surface area contributed by atoms with Gasteiger partial charge in [0, 0.05) is 12.6 Å². The van der Waals surface area contributed by atoms with Gasteiger partial charge in [-0.2, -0.15) is 8.42 Å². The van der Waals surface area contributed by atoms with Crippen molar-refractivity contribution >= 4 is 33.4 Å². The van der Waals surface area contributed by atoms with Gasteiger partial charge in [-0.05, 0) is 24.3 Å². The first kappa shape index (κ1) is 15.5. The summed E-state index contributed by atoms with van der Waals surface area (Å²) in [5.41, 5.74) is 3.30. The van der Waals surface area contributed by atoms with Crippen molar-refractivity contribution < 1.29 is 13.2 Å². The summed E-state index contributed by atoms with van der Waals surface area (Å²) in [7, 11) is -2.22. The number of amides is 1. The van der Waals surface area contributed by atoms with Gasteiger partial charge in [0.1, 0.15) is 4.90 Å². The molecule has 0 radical (unpaired) electrons. The highest BCUT2D eigenvalue weighted by Crippen LogP contribution is 2.26. The summed E-state index contributed by atoms with van der Waals surface area (Å²) in [6.07, 6.45) is 0. The topological polar surface area (TPSA) is 78.8 Å². The first-order valence-electron chi connectivity index (χ1n) is 6.64. The van der Waals surface area contributed by atoms with Crippen molar-refractivity contribution in [2.75, 3.05) is 7.05 Å². The van der Waals surface area contributed by atoms with Gasteiger partial charge in [-0.1, -0.05) is 35.9 Å². The van der Waals surface area contributed by atoms with Gasteiger partial charge in [0.2, 0.25) is 0 Å². The predicted octanol–water partition coefficient (Wildman–Crippen LogP) is 2.07. The summed E-state index contributed by atoms with van der Waals surface area (Å²) < 4.78 is 27.8. The third-order valence-corrected chi connectivity index (χ3v) is 4.97. The number of hydrogen-bond acceptors (Lipinski definition) is 4. The number of hydrogen-bond donors (Lipinski definition) is 1. The van der Waals surface area contributed by atoms with Crippen LogP contribution in [0, 0.1) is 0 Å². The summed E-state index contributed by atoms with van der Waals surface area (Å²) in [5, 5.41) is 1.58. The Morgan fingerprint density at radius 1 is 1.13 bits per heavy atom. The highest BCUT2D eigenvalue weighted by molar-refractivity contribution is 7.90. The standard InChI is InChI=1S/C15H12ClN3O3S/c1-19(17-15(20)10-6-2-4-8-12(10)16)14-11-7-3-5-9-13(11)23(21,22)18-14/h2-9H,1H3,(H,17,20). The van der Waals surface area contributed by atoms with E-state index in [9.17, 15) is 13.2 Å². The Hall–Kier alpha value is -2.38. The van der Waals surface area contributed by atoms with Crippen LogP contribution in [-0.4, -0.2) is 32.2 Å². The van der Waals surface area contributed by atoms with Crippen molar-refractivity contribution in [3.63, 3.8) is 0 Å². The lowest BCUT2D eigenvalue weighted by Gasteiger charge is -2.20. The molecule has 0 saturated carbocycles. The molecule has 1 aliphatic rings.